The summed E-state index contributed by atoms with van der Waals surface area (Å²) in [6, 6.07) is -3.45. The number of aliphatic hydroxyl groups excluding tert-OH is 1. The number of nitrogens with two attached hydrogens (primary N) is 1. The van der Waals surface area contributed by atoms with Gasteiger partial charge in [-0.05, 0) is 26.7 Å². The highest BCUT2D eigenvalue weighted by molar-refractivity contribution is 5.90. The monoisotopic (exact) mass is 474 g/mol. The number of methoxy groups -OCH3 is 1. The lowest BCUT2D eigenvalue weighted by Crippen LogP contribution is -2.59. The van der Waals surface area contributed by atoms with Gasteiger partial charge in [0.15, 0.2) is 0 Å². The highest BCUT2D eigenvalue weighted by atomic mass is 16.5. The average molecular weight is 475 g/mol. The lowest BCUT2D eigenvalue weighted by atomic mass is 9.90. The first-order chi connectivity index (χ1) is 15.4. The Morgan fingerprint density at radius 2 is 1.79 bits per heavy atom. The molecule has 0 spiro atoms. The van der Waals surface area contributed by atoms with E-state index in [1.807, 2.05) is 0 Å². The number of hydrogen-bond acceptors (Lipinski definition) is 8. The fourth-order valence-electron chi connectivity index (χ4n) is 3.60. The van der Waals surface area contributed by atoms with Crippen molar-refractivity contribution in [1.29, 1.82) is 0 Å². The van der Waals surface area contributed by atoms with Crippen LogP contribution in [0.5, 0.6) is 0 Å². The molecule has 0 bridgehead atoms. The molecule has 0 aromatic carbocycles. The number of nitrogens with zero attached hydrogens (tertiary/aromatic N) is 1. The summed E-state index contributed by atoms with van der Waals surface area (Å²) in [5.41, 5.74) is 5.52. The van der Waals surface area contributed by atoms with Crippen LogP contribution in [0, 0.1) is 5.92 Å². The first kappa shape index (κ1) is 28.3. The molecule has 13 heteroatoms. The zero-order valence-electron chi connectivity index (χ0n) is 19.0. The predicted octanol–water partition coefficient (Wildman–Crippen LogP) is -2.11. The molecule has 33 heavy (non-hydrogen) atoms. The van der Waals surface area contributed by atoms with Gasteiger partial charge >= 0.3 is 11.9 Å². The van der Waals surface area contributed by atoms with Gasteiger partial charge in [-0.2, -0.15) is 0 Å². The standard InChI is InChI=1S/C20H34N4O9/c1-10(21)18(29)23-17(11(2)25)19(30)24-7-6-14(33-3)12(9-24)8-15(26)22-13(20(31)32)4-5-16(27)28/h10-14,17,25H,4-9,21H2,1-3H3,(H,22,26)(H,23,29)(H,27,28)(H,31,32)/t10-,11-,12+,13-,14-,17-/m0/s1. The minimum atomic E-state index is -1.36. The fraction of sp³-hybridized carbons (Fsp3) is 0.750. The Balaban J connectivity index is 2.86. The SMILES string of the molecule is CO[C@H]1CCN(C(=O)[C@@H](NC(=O)[C@H](C)N)[C@H](C)O)C[C@H]1CC(=O)N[C@@H](CCC(=O)O)C(=O)O. The third kappa shape index (κ3) is 8.94. The molecule has 7 N–H and O–H groups in total. The van der Waals surface area contributed by atoms with Gasteiger partial charge in [0.25, 0.3) is 0 Å². The summed E-state index contributed by atoms with van der Waals surface area (Å²) >= 11 is 0. The number of amides is 3. The lowest BCUT2D eigenvalue weighted by molar-refractivity contribution is -0.145. The van der Waals surface area contributed by atoms with Gasteiger partial charge in [-0.3, -0.25) is 19.2 Å². The number of nitrogens with one attached hydrogen (secondary N) is 2. The number of hydrogen-bond donors (Lipinski definition) is 6. The molecule has 0 unspecified atom stereocenters. The Kier molecular flexibility index (Phi) is 11.2. The molecule has 1 fully saturated rings. The number of aliphatic carboxylic acids is 2. The number of carbonyl (C=O) groups is 5. The topological polar surface area (TPSA) is 209 Å². The second kappa shape index (κ2) is 13.1. The molecule has 0 aliphatic carbocycles. The van der Waals surface area contributed by atoms with E-state index < -0.39 is 66.2 Å². The molecule has 1 saturated heterocycles. The van der Waals surface area contributed by atoms with Crippen molar-refractivity contribution in [2.24, 2.45) is 11.7 Å². The number of rotatable bonds is 12. The van der Waals surface area contributed by atoms with Crippen molar-refractivity contribution >= 4 is 29.7 Å². The summed E-state index contributed by atoms with van der Waals surface area (Å²) in [5, 5.41) is 32.7. The molecule has 13 nitrogen and oxygen atoms in total. The van der Waals surface area contributed by atoms with Gasteiger partial charge in [0.1, 0.15) is 12.1 Å². The van der Waals surface area contributed by atoms with E-state index in [2.05, 4.69) is 10.6 Å². The van der Waals surface area contributed by atoms with Crippen molar-refractivity contribution in [3.05, 3.63) is 0 Å². The second-order valence-corrected chi connectivity index (χ2v) is 8.22. The molecule has 0 saturated carbocycles. The van der Waals surface area contributed by atoms with Gasteiger partial charge in [-0.1, -0.05) is 0 Å². The molecule has 0 aromatic rings. The van der Waals surface area contributed by atoms with E-state index in [-0.39, 0.29) is 32.0 Å². The second-order valence-electron chi connectivity index (χ2n) is 8.22. The fourth-order valence-corrected chi connectivity index (χ4v) is 3.60. The average Bonchev–Trinajstić information content (AvgIpc) is 2.73. The van der Waals surface area contributed by atoms with Gasteiger partial charge in [-0.15, -0.1) is 0 Å². The summed E-state index contributed by atoms with van der Waals surface area (Å²) < 4.78 is 5.42. The normalized spacial score (nSPS) is 21.9. The molecule has 1 aliphatic rings. The van der Waals surface area contributed by atoms with Crippen LogP contribution < -0.4 is 16.4 Å². The van der Waals surface area contributed by atoms with E-state index in [1.54, 1.807) is 0 Å². The van der Waals surface area contributed by atoms with E-state index in [4.69, 9.17) is 15.6 Å². The number of carboxylic acid groups (broad SMARTS) is 2. The molecule has 3 amide bonds. The molecule has 1 aliphatic heterocycles. The van der Waals surface area contributed by atoms with E-state index in [1.165, 1.54) is 25.9 Å². The van der Waals surface area contributed by atoms with Crippen molar-refractivity contribution in [1.82, 2.24) is 15.5 Å². The quantitative estimate of drug-likeness (QED) is 0.181. The summed E-state index contributed by atoms with van der Waals surface area (Å²) in [7, 11) is 1.46. The first-order valence-electron chi connectivity index (χ1n) is 10.7. The summed E-state index contributed by atoms with van der Waals surface area (Å²) in [6.07, 6.45) is -2.04. The van der Waals surface area contributed by atoms with Gasteiger partial charge in [0.2, 0.25) is 17.7 Å². The maximum atomic E-state index is 13.0. The summed E-state index contributed by atoms with van der Waals surface area (Å²) in [5.74, 6) is -4.77. The van der Waals surface area contributed by atoms with Gasteiger partial charge in [0, 0.05) is 39.0 Å². The highest BCUT2D eigenvalue weighted by Crippen LogP contribution is 2.24. The molecular formula is C20H34N4O9. The van der Waals surface area contributed by atoms with E-state index in [0.29, 0.717) is 6.42 Å². The molecule has 188 valence electrons. The van der Waals surface area contributed by atoms with Crippen LogP contribution in [0.1, 0.15) is 39.5 Å². The Hall–Kier alpha value is -2.77. The molecule has 0 aromatic heterocycles. The number of likely N-dealkylation sites (tertiary alicyclic amines) is 1. The minimum Gasteiger partial charge on any atom is -0.481 e. The molecule has 6 atom stereocenters. The van der Waals surface area contributed by atoms with Crippen molar-refractivity contribution in [3.8, 4) is 0 Å². The number of ether oxygens (including phenoxy) is 1. The predicted molar refractivity (Wildman–Crippen MR) is 114 cm³/mol. The van der Waals surface area contributed by atoms with E-state index in [0.717, 1.165) is 0 Å². The zero-order valence-corrected chi connectivity index (χ0v) is 19.0. The van der Waals surface area contributed by atoms with Gasteiger partial charge in [0.05, 0.1) is 18.2 Å². The Morgan fingerprint density at radius 1 is 1.15 bits per heavy atom. The molecule has 1 rings (SSSR count). The van der Waals surface area contributed by atoms with Crippen molar-refractivity contribution in [2.45, 2.75) is 69.9 Å². The van der Waals surface area contributed by atoms with E-state index in [9.17, 15) is 34.2 Å². The summed E-state index contributed by atoms with van der Waals surface area (Å²) in [6.45, 7) is 3.15. The van der Waals surface area contributed by atoms with E-state index >= 15 is 0 Å². The van der Waals surface area contributed by atoms with Crippen LogP contribution in [-0.2, 0) is 28.7 Å². The number of piperidine rings is 1. The Bertz CT molecular complexity index is 728. The number of carboxylic acids is 2. The van der Waals surface area contributed by atoms with Crippen molar-refractivity contribution in [2.75, 3.05) is 20.2 Å². The van der Waals surface area contributed by atoms with Crippen LogP contribution in [0.25, 0.3) is 0 Å². The van der Waals surface area contributed by atoms with Crippen LogP contribution >= 0.6 is 0 Å². The largest absolute Gasteiger partial charge is 0.481 e. The maximum Gasteiger partial charge on any atom is 0.326 e. The van der Waals surface area contributed by atoms with Crippen molar-refractivity contribution in [3.63, 3.8) is 0 Å². The van der Waals surface area contributed by atoms with Gasteiger partial charge < -0.3 is 41.3 Å². The Labute approximate surface area is 191 Å². The zero-order chi connectivity index (χ0) is 25.3. The van der Waals surface area contributed by atoms with Crippen LogP contribution in [-0.4, -0.2) is 100 Å². The van der Waals surface area contributed by atoms with Crippen LogP contribution in [0.2, 0.25) is 0 Å². The smallest absolute Gasteiger partial charge is 0.326 e. The lowest BCUT2D eigenvalue weighted by Gasteiger charge is -2.39. The van der Waals surface area contributed by atoms with Crippen molar-refractivity contribution < 1.29 is 44.0 Å². The number of aliphatic hydroxyl groups is 1. The minimum absolute atomic E-state index is 0.0783. The third-order valence-corrected chi connectivity index (χ3v) is 5.47. The summed E-state index contributed by atoms with van der Waals surface area (Å²) in [4.78, 5) is 60.8. The third-order valence-electron chi connectivity index (χ3n) is 5.47. The molecule has 1 heterocycles. The van der Waals surface area contributed by atoms with Gasteiger partial charge in [-0.25, -0.2) is 4.79 Å². The first-order valence-corrected chi connectivity index (χ1v) is 10.7. The highest BCUT2D eigenvalue weighted by Gasteiger charge is 2.37. The van der Waals surface area contributed by atoms with Crippen LogP contribution in [0.3, 0.4) is 0 Å². The molecular weight excluding hydrogens is 440 g/mol. The number of carbonyl (C=O) groups excluding carboxylic acids is 3. The van der Waals surface area contributed by atoms with Crippen LogP contribution in [0.15, 0.2) is 0 Å². The maximum absolute atomic E-state index is 13.0. The Morgan fingerprint density at radius 3 is 2.27 bits per heavy atom. The molecule has 0 radical (unpaired) electrons. The van der Waals surface area contributed by atoms with Crippen LogP contribution in [0.4, 0.5) is 0 Å².